The molecule has 0 heterocycles. The molecule has 1 aromatic rings. The van der Waals surface area contributed by atoms with Crippen LogP contribution in [0.2, 0.25) is 0 Å². The minimum atomic E-state index is 0.459. The van der Waals surface area contributed by atoms with Crippen LogP contribution in [0.3, 0.4) is 0 Å². The van der Waals surface area contributed by atoms with Crippen molar-refractivity contribution in [2.24, 2.45) is 17.8 Å². The van der Waals surface area contributed by atoms with Crippen molar-refractivity contribution in [3.63, 3.8) is 0 Å². The maximum Gasteiger partial charge on any atom is 0.0294 e. The van der Waals surface area contributed by atoms with Gasteiger partial charge in [0, 0.05) is 12.1 Å². The average Bonchev–Trinajstić information content (AvgIpc) is 2.37. The molecule has 0 saturated heterocycles. The molecule has 3 unspecified atom stereocenters. The highest BCUT2D eigenvalue weighted by Gasteiger charge is 2.24. The highest BCUT2D eigenvalue weighted by Crippen LogP contribution is 2.30. The summed E-state index contributed by atoms with van der Waals surface area (Å²) in [7, 11) is 0. The van der Waals surface area contributed by atoms with Crippen molar-refractivity contribution in [1.29, 1.82) is 0 Å². The van der Waals surface area contributed by atoms with Gasteiger partial charge in [0.25, 0.3) is 0 Å². The van der Waals surface area contributed by atoms with E-state index in [2.05, 4.69) is 64.2 Å². The molecule has 118 valence electrons. The molecular formula is C20H33N. The zero-order chi connectivity index (χ0) is 15.4. The largest absolute Gasteiger partial charge is 0.307 e. The molecular weight excluding hydrogens is 254 g/mol. The SMILES string of the molecule is CC(C)Cc1ccc(C(C)NC2CC(C)CC(C)C2)cc1. The highest BCUT2D eigenvalue weighted by atomic mass is 14.9. The van der Waals surface area contributed by atoms with Crippen molar-refractivity contribution in [2.75, 3.05) is 0 Å². The second-order valence-corrected chi connectivity index (χ2v) is 7.84. The van der Waals surface area contributed by atoms with Gasteiger partial charge in [-0.1, -0.05) is 52.0 Å². The van der Waals surface area contributed by atoms with E-state index in [1.54, 1.807) is 0 Å². The maximum atomic E-state index is 3.86. The summed E-state index contributed by atoms with van der Waals surface area (Å²) in [4.78, 5) is 0. The third kappa shape index (κ3) is 5.14. The Labute approximate surface area is 131 Å². The Kier molecular flexibility index (Phi) is 5.87. The van der Waals surface area contributed by atoms with Crippen molar-refractivity contribution in [3.8, 4) is 0 Å². The van der Waals surface area contributed by atoms with Gasteiger partial charge in [0.1, 0.15) is 0 Å². The van der Waals surface area contributed by atoms with Gasteiger partial charge in [0.15, 0.2) is 0 Å². The van der Waals surface area contributed by atoms with Crippen LogP contribution in [-0.4, -0.2) is 6.04 Å². The summed E-state index contributed by atoms with van der Waals surface area (Å²) in [6.45, 7) is 11.7. The van der Waals surface area contributed by atoms with Crippen molar-refractivity contribution < 1.29 is 0 Å². The number of benzene rings is 1. The van der Waals surface area contributed by atoms with Crippen LogP contribution in [0, 0.1) is 17.8 Å². The van der Waals surface area contributed by atoms with Crippen LogP contribution >= 0.6 is 0 Å². The maximum absolute atomic E-state index is 3.86. The van der Waals surface area contributed by atoms with Crippen molar-refractivity contribution >= 4 is 0 Å². The topological polar surface area (TPSA) is 12.0 Å². The van der Waals surface area contributed by atoms with Crippen LogP contribution in [0.25, 0.3) is 0 Å². The fourth-order valence-corrected chi connectivity index (χ4v) is 3.95. The quantitative estimate of drug-likeness (QED) is 0.768. The Morgan fingerprint density at radius 3 is 2.05 bits per heavy atom. The second kappa shape index (κ2) is 7.45. The van der Waals surface area contributed by atoms with E-state index < -0.39 is 0 Å². The van der Waals surface area contributed by atoms with Crippen molar-refractivity contribution in [3.05, 3.63) is 35.4 Å². The minimum Gasteiger partial charge on any atom is -0.307 e. The molecule has 1 heteroatoms. The first-order valence-corrected chi connectivity index (χ1v) is 8.79. The van der Waals surface area contributed by atoms with Crippen LogP contribution < -0.4 is 5.32 Å². The van der Waals surface area contributed by atoms with Gasteiger partial charge in [-0.3, -0.25) is 0 Å². The van der Waals surface area contributed by atoms with Gasteiger partial charge in [-0.2, -0.15) is 0 Å². The molecule has 1 fully saturated rings. The number of hydrogen-bond donors (Lipinski definition) is 1. The normalized spacial score (nSPS) is 27.8. The summed E-state index contributed by atoms with van der Waals surface area (Å²) in [5, 5.41) is 3.86. The lowest BCUT2D eigenvalue weighted by atomic mass is 9.80. The summed E-state index contributed by atoms with van der Waals surface area (Å²) in [5.41, 5.74) is 2.88. The van der Waals surface area contributed by atoms with Crippen LogP contribution in [0.4, 0.5) is 0 Å². The van der Waals surface area contributed by atoms with Gasteiger partial charge in [-0.05, 0) is 61.5 Å². The Morgan fingerprint density at radius 2 is 1.52 bits per heavy atom. The predicted molar refractivity (Wildman–Crippen MR) is 92.5 cm³/mol. The smallest absolute Gasteiger partial charge is 0.0294 e. The molecule has 1 aliphatic rings. The molecule has 1 nitrogen and oxygen atoms in total. The predicted octanol–water partition coefficient (Wildman–Crippen LogP) is 5.36. The summed E-state index contributed by atoms with van der Waals surface area (Å²) >= 11 is 0. The van der Waals surface area contributed by atoms with Crippen LogP contribution in [-0.2, 0) is 6.42 Å². The van der Waals surface area contributed by atoms with E-state index in [-0.39, 0.29) is 0 Å². The monoisotopic (exact) mass is 287 g/mol. The van der Waals surface area contributed by atoms with E-state index >= 15 is 0 Å². The first kappa shape index (κ1) is 16.5. The number of rotatable bonds is 5. The first-order chi connectivity index (χ1) is 9.94. The standard InChI is InChI=1S/C20H33N/c1-14(2)10-18-6-8-19(9-7-18)17(5)21-20-12-15(3)11-16(4)13-20/h6-9,14-17,20-21H,10-13H2,1-5H3. The Hall–Kier alpha value is -0.820. The first-order valence-electron chi connectivity index (χ1n) is 8.79. The lowest BCUT2D eigenvalue weighted by Crippen LogP contribution is -2.37. The number of nitrogens with one attached hydrogen (secondary N) is 1. The highest BCUT2D eigenvalue weighted by molar-refractivity contribution is 5.25. The molecule has 0 amide bonds. The van der Waals surface area contributed by atoms with Crippen molar-refractivity contribution in [1.82, 2.24) is 5.32 Å². The van der Waals surface area contributed by atoms with E-state index in [4.69, 9.17) is 0 Å². The Bertz CT molecular complexity index is 410. The second-order valence-electron chi connectivity index (χ2n) is 7.84. The molecule has 21 heavy (non-hydrogen) atoms. The van der Waals surface area contributed by atoms with Gasteiger partial charge in [-0.15, -0.1) is 0 Å². The molecule has 0 radical (unpaired) electrons. The third-order valence-electron chi connectivity index (χ3n) is 4.79. The van der Waals surface area contributed by atoms with Crippen LogP contribution in [0.5, 0.6) is 0 Å². The van der Waals surface area contributed by atoms with E-state index in [1.807, 2.05) is 0 Å². The van der Waals surface area contributed by atoms with E-state index in [0.717, 1.165) is 17.8 Å². The fourth-order valence-electron chi connectivity index (χ4n) is 3.95. The Balaban J connectivity index is 1.92. The minimum absolute atomic E-state index is 0.459. The molecule has 1 N–H and O–H groups in total. The van der Waals surface area contributed by atoms with Gasteiger partial charge in [-0.25, -0.2) is 0 Å². The molecule has 1 aliphatic carbocycles. The molecule has 0 aromatic heterocycles. The summed E-state index contributed by atoms with van der Waals surface area (Å²) in [6.07, 6.45) is 5.25. The molecule has 1 aromatic carbocycles. The molecule has 0 spiro atoms. The zero-order valence-electron chi connectivity index (χ0n) is 14.5. The number of hydrogen-bond acceptors (Lipinski definition) is 1. The van der Waals surface area contributed by atoms with Gasteiger partial charge >= 0.3 is 0 Å². The van der Waals surface area contributed by atoms with E-state index in [9.17, 15) is 0 Å². The molecule has 1 saturated carbocycles. The summed E-state index contributed by atoms with van der Waals surface area (Å²) < 4.78 is 0. The molecule has 3 atom stereocenters. The van der Waals surface area contributed by atoms with E-state index in [1.165, 1.54) is 36.8 Å². The zero-order valence-corrected chi connectivity index (χ0v) is 14.5. The molecule has 0 bridgehead atoms. The molecule has 2 rings (SSSR count). The van der Waals surface area contributed by atoms with Gasteiger partial charge < -0.3 is 5.32 Å². The lowest BCUT2D eigenvalue weighted by Gasteiger charge is -2.34. The van der Waals surface area contributed by atoms with Crippen molar-refractivity contribution in [2.45, 2.75) is 72.4 Å². The molecule has 0 aliphatic heterocycles. The summed E-state index contributed by atoms with van der Waals surface area (Å²) in [6, 6.07) is 10.4. The lowest BCUT2D eigenvalue weighted by molar-refractivity contribution is 0.228. The fraction of sp³-hybridized carbons (Fsp3) is 0.700. The van der Waals surface area contributed by atoms with Crippen LogP contribution in [0.1, 0.15) is 71.0 Å². The van der Waals surface area contributed by atoms with Crippen LogP contribution in [0.15, 0.2) is 24.3 Å². The van der Waals surface area contributed by atoms with Gasteiger partial charge in [0.2, 0.25) is 0 Å². The Morgan fingerprint density at radius 1 is 0.952 bits per heavy atom. The van der Waals surface area contributed by atoms with E-state index in [0.29, 0.717) is 12.1 Å². The average molecular weight is 287 g/mol. The third-order valence-corrected chi connectivity index (χ3v) is 4.79. The van der Waals surface area contributed by atoms with Gasteiger partial charge in [0.05, 0.1) is 0 Å². The summed E-state index contributed by atoms with van der Waals surface area (Å²) in [5.74, 6) is 2.47.